The molecular weight excluding hydrogens is 292 g/mol. The second kappa shape index (κ2) is 8.32. The fourth-order valence-electron chi connectivity index (χ4n) is 3.44. The van der Waals surface area contributed by atoms with Crippen molar-refractivity contribution in [3.05, 3.63) is 0 Å². The fourth-order valence-corrected chi connectivity index (χ4v) is 3.44. The number of nitrogens with one attached hydrogen (secondary N) is 1. The van der Waals surface area contributed by atoms with E-state index in [2.05, 4.69) is 5.32 Å². The smallest absolute Gasteiger partial charge is 0.253 e. The van der Waals surface area contributed by atoms with Gasteiger partial charge in [0, 0.05) is 26.2 Å². The van der Waals surface area contributed by atoms with E-state index in [-0.39, 0.29) is 24.4 Å². The molecule has 6 heteroatoms. The van der Waals surface area contributed by atoms with Gasteiger partial charge in [0.15, 0.2) is 0 Å². The van der Waals surface area contributed by atoms with Gasteiger partial charge in [0.25, 0.3) is 5.91 Å². The molecule has 2 aliphatic heterocycles. The first-order valence-electron chi connectivity index (χ1n) is 8.09. The first-order chi connectivity index (χ1) is 9.83. The summed E-state index contributed by atoms with van der Waals surface area (Å²) < 4.78 is 11.7. The maximum atomic E-state index is 12.3. The quantitative estimate of drug-likeness (QED) is 0.853. The summed E-state index contributed by atoms with van der Waals surface area (Å²) in [4.78, 5) is 14.3. The van der Waals surface area contributed by atoms with Gasteiger partial charge in [-0.3, -0.25) is 4.79 Å². The van der Waals surface area contributed by atoms with E-state index in [0.29, 0.717) is 25.4 Å². The molecular formula is C15H27ClN2O3. The van der Waals surface area contributed by atoms with Gasteiger partial charge in [-0.25, -0.2) is 0 Å². The lowest BCUT2D eigenvalue weighted by Crippen LogP contribution is -2.52. The second-order valence-electron chi connectivity index (χ2n) is 6.13. The topological polar surface area (TPSA) is 50.8 Å². The molecule has 1 amide bonds. The Morgan fingerprint density at radius 3 is 2.38 bits per heavy atom. The third-order valence-electron chi connectivity index (χ3n) is 4.64. The molecule has 1 N–H and O–H groups in total. The van der Waals surface area contributed by atoms with E-state index in [1.165, 1.54) is 25.7 Å². The standard InChI is InChI=1S/C15H26N2O3.ClH/c18-15(14-11-16-7-10-19-14)17-8-5-13(6-9-17)20-12-3-1-2-4-12;/h12-14,16H,1-11H2;1H. The summed E-state index contributed by atoms with van der Waals surface area (Å²) in [5.41, 5.74) is 0. The van der Waals surface area contributed by atoms with E-state index in [1.54, 1.807) is 0 Å². The van der Waals surface area contributed by atoms with E-state index in [9.17, 15) is 4.79 Å². The number of nitrogens with zero attached hydrogens (tertiary/aromatic N) is 1. The third kappa shape index (κ3) is 4.55. The minimum atomic E-state index is -0.281. The molecule has 1 unspecified atom stereocenters. The lowest BCUT2D eigenvalue weighted by Gasteiger charge is -2.36. The average Bonchev–Trinajstić information content (AvgIpc) is 3.01. The maximum Gasteiger partial charge on any atom is 0.253 e. The molecule has 5 nitrogen and oxygen atoms in total. The van der Waals surface area contributed by atoms with Crippen LogP contribution in [-0.2, 0) is 14.3 Å². The van der Waals surface area contributed by atoms with Gasteiger partial charge in [-0.1, -0.05) is 12.8 Å². The highest BCUT2D eigenvalue weighted by atomic mass is 35.5. The van der Waals surface area contributed by atoms with Crippen LogP contribution in [0.3, 0.4) is 0 Å². The van der Waals surface area contributed by atoms with Crippen LogP contribution >= 0.6 is 12.4 Å². The molecule has 0 radical (unpaired) electrons. The van der Waals surface area contributed by atoms with E-state index < -0.39 is 0 Å². The van der Waals surface area contributed by atoms with Gasteiger partial charge in [0.05, 0.1) is 18.8 Å². The van der Waals surface area contributed by atoms with Crippen molar-refractivity contribution in [3.8, 4) is 0 Å². The summed E-state index contributed by atoms with van der Waals surface area (Å²) in [5.74, 6) is 0.150. The number of amides is 1. The highest BCUT2D eigenvalue weighted by Gasteiger charge is 2.31. The number of hydrogen-bond acceptors (Lipinski definition) is 4. The average molecular weight is 319 g/mol. The summed E-state index contributed by atoms with van der Waals surface area (Å²) in [6.07, 6.45) is 7.57. The van der Waals surface area contributed by atoms with Gasteiger partial charge >= 0.3 is 0 Å². The van der Waals surface area contributed by atoms with Gasteiger partial charge in [-0.15, -0.1) is 12.4 Å². The Morgan fingerprint density at radius 2 is 1.76 bits per heavy atom. The first-order valence-corrected chi connectivity index (χ1v) is 8.09. The van der Waals surface area contributed by atoms with Crippen molar-refractivity contribution < 1.29 is 14.3 Å². The molecule has 0 aromatic heterocycles. The number of carbonyl (C=O) groups excluding carboxylic acids is 1. The van der Waals surface area contributed by atoms with E-state index in [4.69, 9.17) is 9.47 Å². The van der Waals surface area contributed by atoms with Gasteiger partial charge < -0.3 is 19.7 Å². The lowest BCUT2D eigenvalue weighted by atomic mass is 10.1. The number of ether oxygens (including phenoxy) is 2. The Bertz CT molecular complexity index is 323. The van der Waals surface area contributed by atoms with Crippen LogP contribution in [0.25, 0.3) is 0 Å². The third-order valence-corrected chi connectivity index (χ3v) is 4.64. The minimum Gasteiger partial charge on any atom is -0.375 e. The predicted molar refractivity (Wildman–Crippen MR) is 82.8 cm³/mol. The van der Waals surface area contributed by atoms with Crippen molar-refractivity contribution >= 4 is 18.3 Å². The molecule has 1 saturated carbocycles. The molecule has 1 aliphatic carbocycles. The Balaban J connectivity index is 0.00000161. The van der Waals surface area contributed by atoms with Crippen LogP contribution in [0.2, 0.25) is 0 Å². The normalized spacial score (nSPS) is 28.4. The van der Waals surface area contributed by atoms with Crippen molar-refractivity contribution in [2.24, 2.45) is 0 Å². The van der Waals surface area contributed by atoms with Gasteiger partial charge in [-0.05, 0) is 25.7 Å². The summed E-state index contributed by atoms with van der Waals surface area (Å²) in [6.45, 7) is 3.77. The summed E-state index contributed by atoms with van der Waals surface area (Å²) in [7, 11) is 0. The number of halogens is 1. The summed E-state index contributed by atoms with van der Waals surface area (Å²) in [5, 5.41) is 3.21. The molecule has 0 aromatic rings. The zero-order valence-electron chi connectivity index (χ0n) is 12.6. The largest absolute Gasteiger partial charge is 0.375 e. The Labute approximate surface area is 133 Å². The van der Waals surface area contributed by atoms with Crippen LogP contribution in [0.4, 0.5) is 0 Å². The Morgan fingerprint density at radius 1 is 1.10 bits per heavy atom. The van der Waals surface area contributed by atoms with Crippen LogP contribution in [0, 0.1) is 0 Å². The highest BCUT2D eigenvalue weighted by molar-refractivity contribution is 5.85. The first kappa shape index (κ1) is 17.0. The minimum absolute atomic E-state index is 0. The van der Waals surface area contributed by atoms with E-state index >= 15 is 0 Å². The molecule has 2 saturated heterocycles. The van der Waals surface area contributed by atoms with Crippen LogP contribution in [-0.4, -0.2) is 61.9 Å². The Hall–Kier alpha value is -0.360. The number of likely N-dealkylation sites (tertiary alicyclic amines) is 1. The van der Waals surface area contributed by atoms with E-state index in [1.807, 2.05) is 4.90 Å². The molecule has 122 valence electrons. The molecule has 21 heavy (non-hydrogen) atoms. The van der Waals surface area contributed by atoms with Crippen molar-refractivity contribution in [1.29, 1.82) is 0 Å². The summed E-state index contributed by atoms with van der Waals surface area (Å²) in [6, 6.07) is 0. The molecule has 2 heterocycles. The van der Waals surface area contributed by atoms with Crippen molar-refractivity contribution in [2.75, 3.05) is 32.8 Å². The number of piperidine rings is 1. The van der Waals surface area contributed by atoms with Crippen molar-refractivity contribution in [1.82, 2.24) is 10.2 Å². The Kier molecular flexibility index (Phi) is 6.74. The fraction of sp³-hybridized carbons (Fsp3) is 0.933. The van der Waals surface area contributed by atoms with Gasteiger partial charge in [0.2, 0.25) is 0 Å². The zero-order chi connectivity index (χ0) is 13.8. The molecule has 0 aromatic carbocycles. The molecule has 3 fully saturated rings. The van der Waals surface area contributed by atoms with Crippen LogP contribution in [0.5, 0.6) is 0 Å². The number of carbonyl (C=O) groups is 1. The molecule has 3 aliphatic rings. The van der Waals surface area contributed by atoms with Crippen LogP contribution < -0.4 is 5.32 Å². The van der Waals surface area contributed by atoms with Crippen LogP contribution in [0.15, 0.2) is 0 Å². The lowest BCUT2D eigenvalue weighted by molar-refractivity contribution is -0.148. The molecule has 1 atom stereocenters. The SMILES string of the molecule is Cl.O=C(C1CNCCO1)N1CCC(OC2CCCC2)CC1. The van der Waals surface area contributed by atoms with Crippen molar-refractivity contribution in [2.45, 2.75) is 56.8 Å². The molecule has 3 rings (SSSR count). The van der Waals surface area contributed by atoms with Crippen LogP contribution in [0.1, 0.15) is 38.5 Å². The predicted octanol–water partition coefficient (Wildman–Crippen LogP) is 1.35. The number of morpholine rings is 1. The van der Waals surface area contributed by atoms with Gasteiger partial charge in [0.1, 0.15) is 6.10 Å². The van der Waals surface area contributed by atoms with E-state index in [0.717, 1.165) is 32.5 Å². The monoisotopic (exact) mass is 318 g/mol. The van der Waals surface area contributed by atoms with Gasteiger partial charge in [-0.2, -0.15) is 0 Å². The second-order valence-corrected chi connectivity index (χ2v) is 6.13. The number of rotatable bonds is 3. The molecule has 0 bridgehead atoms. The maximum absolute atomic E-state index is 12.3. The number of hydrogen-bond donors (Lipinski definition) is 1. The highest BCUT2D eigenvalue weighted by Crippen LogP contribution is 2.25. The zero-order valence-corrected chi connectivity index (χ0v) is 13.4. The molecule has 0 spiro atoms. The van der Waals surface area contributed by atoms with Crippen molar-refractivity contribution in [3.63, 3.8) is 0 Å². The summed E-state index contributed by atoms with van der Waals surface area (Å²) >= 11 is 0.